The predicted octanol–water partition coefficient (Wildman–Crippen LogP) is 1.54. The summed E-state index contributed by atoms with van der Waals surface area (Å²) >= 11 is 0. The number of aryl methyl sites for hydroxylation is 1. The summed E-state index contributed by atoms with van der Waals surface area (Å²) < 4.78 is 4.98. The van der Waals surface area contributed by atoms with Crippen LogP contribution >= 0.6 is 24.0 Å². The normalized spacial score (nSPS) is 10.7. The zero-order valence-corrected chi connectivity index (χ0v) is 16.3. The third-order valence-corrected chi connectivity index (χ3v) is 3.02. The van der Waals surface area contributed by atoms with Crippen LogP contribution in [-0.4, -0.2) is 52.3 Å². The lowest BCUT2D eigenvalue weighted by Crippen LogP contribution is -2.42. The van der Waals surface area contributed by atoms with Crippen molar-refractivity contribution in [1.29, 1.82) is 0 Å². The van der Waals surface area contributed by atoms with Crippen LogP contribution in [0.5, 0.6) is 0 Å². The van der Waals surface area contributed by atoms with E-state index in [-0.39, 0.29) is 29.9 Å². The Morgan fingerprint density at radius 2 is 1.87 bits per heavy atom. The van der Waals surface area contributed by atoms with E-state index < -0.39 is 0 Å². The predicted molar refractivity (Wildman–Crippen MR) is 105 cm³/mol. The molecule has 0 saturated carbocycles. The topological polar surface area (TPSA) is 74.8 Å². The van der Waals surface area contributed by atoms with Gasteiger partial charge in [-0.25, -0.2) is 0 Å². The molecule has 1 rings (SSSR count). The Morgan fingerprint density at radius 1 is 1.17 bits per heavy atom. The van der Waals surface area contributed by atoms with Crippen LogP contribution in [0.25, 0.3) is 0 Å². The van der Waals surface area contributed by atoms with Gasteiger partial charge in [0, 0.05) is 46.0 Å². The second-order valence-corrected chi connectivity index (χ2v) is 4.90. The molecule has 1 aromatic rings. The van der Waals surface area contributed by atoms with Gasteiger partial charge >= 0.3 is 0 Å². The molecule has 23 heavy (non-hydrogen) atoms. The Morgan fingerprint density at radius 3 is 2.52 bits per heavy atom. The van der Waals surface area contributed by atoms with Crippen LogP contribution in [0.15, 0.2) is 29.3 Å². The summed E-state index contributed by atoms with van der Waals surface area (Å²) in [6.45, 7) is 4.63. The van der Waals surface area contributed by atoms with Gasteiger partial charge < -0.3 is 20.7 Å². The summed E-state index contributed by atoms with van der Waals surface area (Å²) in [6, 6.07) is 7.54. The number of amides is 1. The van der Waals surface area contributed by atoms with Gasteiger partial charge in [0.1, 0.15) is 0 Å². The minimum Gasteiger partial charge on any atom is -0.385 e. The molecule has 0 aromatic heterocycles. The molecule has 0 aliphatic carbocycles. The first kappa shape index (κ1) is 21.6. The van der Waals surface area contributed by atoms with Gasteiger partial charge in [-0.3, -0.25) is 9.79 Å². The Kier molecular flexibility index (Phi) is 12.4. The summed E-state index contributed by atoms with van der Waals surface area (Å²) in [6.07, 6.45) is 0.918. The van der Waals surface area contributed by atoms with Gasteiger partial charge in [-0.1, -0.05) is 17.7 Å². The molecule has 0 bridgehead atoms. The van der Waals surface area contributed by atoms with E-state index in [4.69, 9.17) is 4.74 Å². The van der Waals surface area contributed by atoms with Crippen molar-refractivity contribution in [2.75, 3.05) is 40.4 Å². The third-order valence-electron chi connectivity index (χ3n) is 3.02. The van der Waals surface area contributed by atoms with Crippen LogP contribution in [-0.2, 0) is 4.74 Å². The minimum atomic E-state index is -0.0615. The molecule has 0 aliphatic rings. The van der Waals surface area contributed by atoms with Gasteiger partial charge in [0.15, 0.2) is 5.96 Å². The van der Waals surface area contributed by atoms with Gasteiger partial charge in [-0.2, -0.15) is 0 Å². The molecule has 3 N–H and O–H groups in total. The molecule has 0 aliphatic heterocycles. The van der Waals surface area contributed by atoms with E-state index in [1.807, 2.05) is 31.2 Å². The summed E-state index contributed by atoms with van der Waals surface area (Å²) in [7, 11) is 3.40. The van der Waals surface area contributed by atoms with Gasteiger partial charge in [0.2, 0.25) is 0 Å². The number of hydrogen-bond acceptors (Lipinski definition) is 3. The first-order chi connectivity index (χ1) is 10.7. The van der Waals surface area contributed by atoms with Crippen molar-refractivity contribution in [2.45, 2.75) is 13.3 Å². The van der Waals surface area contributed by atoms with E-state index in [2.05, 4.69) is 20.9 Å². The number of methoxy groups -OCH3 is 1. The van der Waals surface area contributed by atoms with E-state index >= 15 is 0 Å². The molecule has 130 valence electrons. The summed E-state index contributed by atoms with van der Waals surface area (Å²) in [5.74, 6) is 0.662. The van der Waals surface area contributed by atoms with Crippen molar-refractivity contribution in [3.63, 3.8) is 0 Å². The van der Waals surface area contributed by atoms with E-state index in [0.717, 1.165) is 31.1 Å². The fraction of sp³-hybridized carbons (Fsp3) is 0.500. The number of carbonyl (C=O) groups excluding carboxylic acids is 1. The van der Waals surface area contributed by atoms with E-state index in [1.165, 1.54) is 0 Å². The molecule has 0 radical (unpaired) electrons. The highest BCUT2D eigenvalue weighted by Gasteiger charge is 2.04. The van der Waals surface area contributed by atoms with Crippen molar-refractivity contribution >= 4 is 35.8 Å². The zero-order valence-electron chi connectivity index (χ0n) is 14.0. The van der Waals surface area contributed by atoms with Crippen molar-refractivity contribution in [3.8, 4) is 0 Å². The summed E-state index contributed by atoms with van der Waals surface area (Å²) in [4.78, 5) is 16.1. The average molecular weight is 434 g/mol. The molecule has 0 unspecified atom stereocenters. The second kappa shape index (κ2) is 13.1. The maximum atomic E-state index is 12.0. The van der Waals surface area contributed by atoms with Crippen LogP contribution in [0.4, 0.5) is 0 Å². The molecule has 1 aromatic carbocycles. The molecule has 1 amide bonds. The number of benzene rings is 1. The number of halogens is 1. The second-order valence-electron chi connectivity index (χ2n) is 4.90. The van der Waals surface area contributed by atoms with E-state index in [9.17, 15) is 4.79 Å². The fourth-order valence-corrected chi connectivity index (χ4v) is 1.89. The van der Waals surface area contributed by atoms with Crippen LogP contribution < -0.4 is 16.0 Å². The summed E-state index contributed by atoms with van der Waals surface area (Å²) in [5.41, 5.74) is 1.76. The first-order valence-electron chi connectivity index (χ1n) is 7.45. The van der Waals surface area contributed by atoms with Crippen molar-refractivity contribution in [3.05, 3.63) is 35.4 Å². The fourth-order valence-electron chi connectivity index (χ4n) is 1.89. The van der Waals surface area contributed by atoms with Gasteiger partial charge in [-0.15, -0.1) is 24.0 Å². The maximum Gasteiger partial charge on any atom is 0.251 e. The Balaban J connectivity index is 0.00000484. The van der Waals surface area contributed by atoms with Crippen LogP contribution in [0.1, 0.15) is 22.3 Å². The van der Waals surface area contributed by atoms with Crippen LogP contribution in [0.2, 0.25) is 0 Å². The smallest absolute Gasteiger partial charge is 0.251 e. The monoisotopic (exact) mass is 434 g/mol. The molecular formula is C16H27IN4O2. The first-order valence-corrected chi connectivity index (χ1v) is 7.45. The number of rotatable bonds is 8. The molecule has 0 spiro atoms. The van der Waals surface area contributed by atoms with Crippen molar-refractivity contribution in [1.82, 2.24) is 16.0 Å². The highest BCUT2D eigenvalue weighted by molar-refractivity contribution is 14.0. The van der Waals surface area contributed by atoms with E-state index in [1.54, 1.807) is 14.2 Å². The minimum absolute atomic E-state index is 0. The van der Waals surface area contributed by atoms with Crippen LogP contribution in [0.3, 0.4) is 0 Å². The number of ether oxygens (including phenoxy) is 1. The molecule has 0 fully saturated rings. The zero-order chi connectivity index (χ0) is 16.2. The number of nitrogens with one attached hydrogen (secondary N) is 3. The summed E-state index contributed by atoms with van der Waals surface area (Å²) in [5, 5.41) is 9.20. The van der Waals surface area contributed by atoms with Crippen molar-refractivity contribution < 1.29 is 9.53 Å². The molecule has 7 heteroatoms. The van der Waals surface area contributed by atoms with Gasteiger partial charge in [-0.05, 0) is 25.5 Å². The molecule has 0 heterocycles. The SMILES string of the molecule is CN=C(NCCCOC)NCCNC(=O)c1cccc(C)c1.I. The maximum absolute atomic E-state index is 12.0. The average Bonchev–Trinajstić information content (AvgIpc) is 2.53. The lowest BCUT2D eigenvalue weighted by atomic mass is 10.1. The molecular weight excluding hydrogens is 407 g/mol. The Hall–Kier alpha value is -1.35. The van der Waals surface area contributed by atoms with Crippen molar-refractivity contribution in [2.24, 2.45) is 4.99 Å². The number of hydrogen-bond donors (Lipinski definition) is 3. The lowest BCUT2D eigenvalue weighted by molar-refractivity contribution is 0.0954. The number of nitrogens with zero attached hydrogens (tertiary/aromatic N) is 1. The Labute approximate surface area is 155 Å². The van der Waals surface area contributed by atoms with E-state index in [0.29, 0.717) is 18.7 Å². The largest absolute Gasteiger partial charge is 0.385 e. The Bertz CT molecular complexity index is 495. The molecule has 6 nitrogen and oxygen atoms in total. The van der Waals surface area contributed by atoms with Gasteiger partial charge in [0.05, 0.1) is 0 Å². The highest BCUT2D eigenvalue weighted by Crippen LogP contribution is 2.03. The highest BCUT2D eigenvalue weighted by atomic mass is 127. The quantitative estimate of drug-likeness (QED) is 0.251. The number of aliphatic imine (C=N–C) groups is 1. The number of guanidine groups is 1. The molecule has 0 atom stereocenters. The lowest BCUT2D eigenvalue weighted by Gasteiger charge is -2.12. The number of carbonyl (C=O) groups is 1. The van der Waals surface area contributed by atoms with Gasteiger partial charge in [0.25, 0.3) is 5.91 Å². The third kappa shape index (κ3) is 9.39. The van der Waals surface area contributed by atoms with Crippen LogP contribution in [0, 0.1) is 6.92 Å². The standard InChI is InChI=1S/C16H26N4O2.HI/c1-13-6-4-7-14(12-13)15(21)18-9-10-20-16(17-2)19-8-5-11-22-3;/h4,6-7,12H,5,8-11H2,1-3H3,(H,18,21)(H2,17,19,20);1H. The molecule has 0 saturated heterocycles.